The van der Waals surface area contributed by atoms with Crippen molar-refractivity contribution in [3.05, 3.63) is 0 Å². The maximum absolute atomic E-state index is 4.83. The summed E-state index contributed by atoms with van der Waals surface area (Å²) >= 11 is 0. The summed E-state index contributed by atoms with van der Waals surface area (Å²) in [5.41, 5.74) is 0. The molecule has 2 unspecified atom stereocenters. The number of hydrogen-bond acceptors (Lipinski definition) is 3. The van der Waals surface area contributed by atoms with Gasteiger partial charge in [0.25, 0.3) is 0 Å². The first-order valence-corrected chi connectivity index (χ1v) is 10.7. The lowest BCUT2D eigenvalue weighted by Gasteiger charge is -2.30. The molecule has 5 nitrogen and oxygen atoms in total. The zero-order chi connectivity index (χ0) is 17.9. The van der Waals surface area contributed by atoms with Crippen LogP contribution in [0.1, 0.15) is 59.3 Å². The molecule has 0 aromatic carbocycles. The molecule has 0 aromatic heterocycles. The molecular weight excluding hydrogens is 310 g/mol. The van der Waals surface area contributed by atoms with E-state index in [4.69, 9.17) is 4.99 Å². The maximum atomic E-state index is 4.83. The Balaban J connectivity index is 1.62. The lowest BCUT2D eigenvalue weighted by molar-refractivity contribution is 0.181. The summed E-state index contributed by atoms with van der Waals surface area (Å²) in [6, 6.07) is 0.640. The monoisotopic (exact) mass is 351 g/mol. The van der Waals surface area contributed by atoms with Crippen LogP contribution in [0.5, 0.6) is 0 Å². The predicted octanol–water partition coefficient (Wildman–Crippen LogP) is 2.54. The third-order valence-corrected chi connectivity index (χ3v) is 5.64. The minimum atomic E-state index is 0.640. The van der Waals surface area contributed by atoms with Gasteiger partial charge in [-0.15, -0.1) is 0 Å². The van der Waals surface area contributed by atoms with Gasteiger partial charge in [0, 0.05) is 25.7 Å². The van der Waals surface area contributed by atoms with E-state index in [2.05, 4.69) is 41.2 Å². The second kappa shape index (κ2) is 11.7. The van der Waals surface area contributed by atoms with Crippen LogP contribution >= 0.6 is 0 Å². The molecule has 2 fully saturated rings. The Morgan fingerprint density at radius 1 is 1.08 bits per heavy atom. The van der Waals surface area contributed by atoms with E-state index >= 15 is 0 Å². The number of piperidine rings is 1. The molecule has 5 heteroatoms. The number of nitrogens with one attached hydrogen (secondary N) is 2. The third kappa shape index (κ3) is 7.53. The van der Waals surface area contributed by atoms with Crippen LogP contribution in [0.4, 0.5) is 0 Å². The Morgan fingerprint density at radius 3 is 2.68 bits per heavy atom. The van der Waals surface area contributed by atoms with Gasteiger partial charge in [0.1, 0.15) is 0 Å². The number of likely N-dealkylation sites (tertiary alicyclic amines) is 2. The average Bonchev–Trinajstić information content (AvgIpc) is 3.07. The van der Waals surface area contributed by atoms with Crippen LogP contribution < -0.4 is 10.6 Å². The van der Waals surface area contributed by atoms with Gasteiger partial charge in [-0.05, 0) is 77.5 Å². The Bertz CT molecular complexity index is 384. The maximum Gasteiger partial charge on any atom is 0.191 e. The van der Waals surface area contributed by atoms with Crippen molar-refractivity contribution in [3.8, 4) is 0 Å². The molecule has 0 radical (unpaired) electrons. The molecule has 0 saturated carbocycles. The molecule has 2 aliphatic heterocycles. The molecule has 0 aromatic rings. The molecule has 2 saturated heterocycles. The first kappa shape index (κ1) is 20.5. The molecule has 25 heavy (non-hydrogen) atoms. The molecule has 2 heterocycles. The standard InChI is InChI=1S/C20H41N5/c1-4-21-20(23-16-19-11-9-15-25(19)5-2)22-12-6-7-13-24-14-8-10-18(3)17-24/h18-19H,4-17H2,1-3H3,(H2,21,22,23). The summed E-state index contributed by atoms with van der Waals surface area (Å²) in [5.74, 6) is 1.88. The van der Waals surface area contributed by atoms with Crippen molar-refractivity contribution in [1.82, 2.24) is 20.4 Å². The largest absolute Gasteiger partial charge is 0.357 e. The number of likely N-dealkylation sites (N-methyl/N-ethyl adjacent to an activating group) is 1. The lowest BCUT2D eigenvalue weighted by Crippen LogP contribution is -2.40. The lowest BCUT2D eigenvalue weighted by atomic mass is 10.0. The number of guanidine groups is 1. The van der Waals surface area contributed by atoms with E-state index in [1.54, 1.807) is 0 Å². The second-order valence-electron chi connectivity index (χ2n) is 7.83. The molecule has 0 spiro atoms. The molecule has 0 aliphatic carbocycles. The first-order chi connectivity index (χ1) is 12.2. The molecule has 2 aliphatic rings. The zero-order valence-corrected chi connectivity index (χ0v) is 16.9. The van der Waals surface area contributed by atoms with Crippen molar-refractivity contribution in [2.75, 3.05) is 52.4 Å². The predicted molar refractivity (Wildman–Crippen MR) is 108 cm³/mol. The van der Waals surface area contributed by atoms with Crippen LogP contribution in [0, 0.1) is 5.92 Å². The van der Waals surface area contributed by atoms with Crippen molar-refractivity contribution in [2.24, 2.45) is 10.9 Å². The highest BCUT2D eigenvalue weighted by molar-refractivity contribution is 5.79. The topological polar surface area (TPSA) is 42.9 Å². The highest BCUT2D eigenvalue weighted by atomic mass is 15.2. The smallest absolute Gasteiger partial charge is 0.191 e. The van der Waals surface area contributed by atoms with Gasteiger partial charge in [-0.3, -0.25) is 9.89 Å². The van der Waals surface area contributed by atoms with E-state index in [9.17, 15) is 0 Å². The zero-order valence-electron chi connectivity index (χ0n) is 16.9. The molecule has 2 atom stereocenters. The van der Waals surface area contributed by atoms with Crippen LogP contribution in [0.25, 0.3) is 0 Å². The van der Waals surface area contributed by atoms with E-state index in [-0.39, 0.29) is 0 Å². The van der Waals surface area contributed by atoms with Crippen LogP contribution in [0.2, 0.25) is 0 Å². The third-order valence-electron chi connectivity index (χ3n) is 5.64. The van der Waals surface area contributed by atoms with Gasteiger partial charge in [-0.1, -0.05) is 13.8 Å². The number of nitrogens with zero attached hydrogens (tertiary/aromatic N) is 3. The molecule has 2 N–H and O–H groups in total. The van der Waals surface area contributed by atoms with Crippen molar-refractivity contribution >= 4 is 5.96 Å². The SMILES string of the molecule is CCNC(=NCC1CCCN1CC)NCCCCN1CCCC(C)C1. The van der Waals surface area contributed by atoms with Crippen molar-refractivity contribution in [1.29, 1.82) is 0 Å². The quantitative estimate of drug-likeness (QED) is 0.381. The average molecular weight is 352 g/mol. The highest BCUT2D eigenvalue weighted by Crippen LogP contribution is 2.17. The van der Waals surface area contributed by atoms with Gasteiger partial charge in [0.2, 0.25) is 0 Å². The Morgan fingerprint density at radius 2 is 1.92 bits per heavy atom. The second-order valence-corrected chi connectivity index (χ2v) is 7.83. The fraction of sp³-hybridized carbons (Fsp3) is 0.950. The molecular formula is C20H41N5. The van der Waals surface area contributed by atoms with E-state index < -0.39 is 0 Å². The summed E-state index contributed by atoms with van der Waals surface area (Å²) in [4.78, 5) is 10.0. The van der Waals surface area contributed by atoms with Crippen LogP contribution in [0.3, 0.4) is 0 Å². The van der Waals surface area contributed by atoms with Gasteiger partial charge >= 0.3 is 0 Å². The number of hydrogen-bond donors (Lipinski definition) is 2. The first-order valence-electron chi connectivity index (χ1n) is 10.7. The summed E-state index contributed by atoms with van der Waals surface area (Å²) in [5, 5.41) is 6.92. The number of rotatable bonds is 9. The van der Waals surface area contributed by atoms with E-state index in [0.29, 0.717) is 6.04 Å². The molecule has 0 amide bonds. The normalized spacial score (nSPS) is 26.1. The number of unbranched alkanes of at least 4 members (excludes halogenated alkanes) is 1. The van der Waals surface area contributed by atoms with Crippen molar-refractivity contribution in [2.45, 2.75) is 65.3 Å². The van der Waals surface area contributed by atoms with E-state index in [0.717, 1.165) is 38.1 Å². The minimum absolute atomic E-state index is 0.640. The molecule has 146 valence electrons. The van der Waals surface area contributed by atoms with Gasteiger partial charge < -0.3 is 15.5 Å². The minimum Gasteiger partial charge on any atom is -0.357 e. The van der Waals surface area contributed by atoms with Crippen LogP contribution in [0.15, 0.2) is 4.99 Å². The Labute approximate surface area is 155 Å². The Hall–Kier alpha value is -0.810. The van der Waals surface area contributed by atoms with Gasteiger partial charge in [0.15, 0.2) is 5.96 Å². The highest BCUT2D eigenvalue weighted by Gasteiger charge is 2.22. The summed E-state index contributed by atoms with van der Waals surface area (Å²) in [7, 11) is 0. The molecule has 2 rings (SSSR count). The van der Waals surface area contributed by atoms with Gasteiger partial charge in [0.05, 0.1) is 6.54 Å². The Kier molecular flexibility index (Phi) is 9.63. The summed E-state index contributed by atoms with van der Waals surface area (Å²) in [6.45, 7) is 15.9. The van der Waals surface area contributed by atoms with Gasteiger partial charge in [-0.25, -0.2) is 0 Å². The van der Waals surface area contributed by atoms with Crippen molar-refractivity contribution in [3.63, 3.8) is 0 Å². The van der Waals surface area contributed by atoms with E-state index in [1.807, 2.05) is 0 Å². The molecule has 0 bridgehead atoms. The fourth-order valence-electron chi connectivity index (χ4n) is 4.21. The van der Waals surface area contributed by atoms with Crippen molar-refractivity contribution < 1.29 is 0 Å². The fourth-order valence-corrected chi connectivity index (χ4v) is 4.21. The number of aliphatic imine (C=N–C) groups is 1. The van der Waals surface area contributed by atoms with Crippen LogP contribution in [-0.4, -0.2) is 74.2 Å². The summed E-state index contributed by atoms with van der Waals surface area (Å²) in [6.07, 6.45) is 7.92. The summed E-state index contributed by atoms with van der Waals surface area (Å²) < 4.78 is 0. The van der Waals surface area contributed by atoms with E-state index in [1.165, 1.54) is 64.7 Å². The van der Waals surface area contributed by atoms with Crippen LogP contribution in [-0.2, 0) is 0 Å². The van der Waals surface area contributed by atoms with Gasteiger partial charge in [-0.2, -0.15) is 0 Å².